The lowest BCUT2D eigenvalue weighted by Crippen LogP contribution is -2.40. The van der Waals surface area contributed by atoms with Crippen LogP contribution < -0.4 is 5.73 Å². The van der Waals surface area contributed by atoms with E-state index in [1.807, 2.05) is 22.6 Å². The average molecular weight is 265 g/mol. The van der Waals surface area contributed by atoms with Gasteiger partial charge in [0, 0.05) is 32.4 Å². The van der Waals surface area contributed by atoms with Gasteiger partial charge in [0.15, 0.2) is 0 Å². The van der Waals surface area contributed by atoms with Gasteiger partial charge in [0.1, 0.15) is 5.69 Å². The summed E-state index contributed by atoms with van der Waals surface area (Å²) in [5.74, 6) is 0.478. The number of amides is 1. The van der Waals surface area contributed by atoms with Crippen molar-refractivity contribution in [2.24, 2.45) is 5.92 Å². The third-order valence-electron chi connectivity index (χ3n) is 3.82. The molecular weight excluding hydrogens is 242 g/mol. The molecule has 0 saturated carbocycles. The Balaban J connectivity index is 2.10. The van der Waals surface area contributed by atoms with Crippen LogP contribution in [0.3, 0.4) is 0 Å². The number of aromatic nitrogens is 1. The fourth-order valence-corrected chi connectivity index (χ4v) is 2.80. The molecule has 0 aliphatic carbocycles. The van der Waals surface area contributed by atoms with Gasteiger partial charge in [-0.3, -0.25) is 4.79 Å². The second-order valence-corrected chi connectivity index (χ2v) is 5.22. The van der Waals surface area contributed by atoms with E-state index in [-0.39, 0.29) is 12.5 Å². The van der Waals surface area contributed by atoms with Crippen molar-refractivity contribution >= 4 is 11.6 Å². The maximum Gasteiger partial charge on any atom is 0.270 e. The quantitative estimate of drug-likeness (QED) is 0.862. The Morgan fingerprint density at radius 1 is 1.58 bits per heavy atom. The summed E-state index contributed by atoms with van der Waals surface area (Å²) in [6.45, 7) is 4.49. The number of carbonyl (C=O) groups excluding carboxylic acids is 1. The van der Waals surface area contributed by atoms with E-state index in [1.165, 1.54) is 0 Å². The van der Waals surface area contributed by atoms with Gasteiger partial charge in [0.2, 0.25) is 0 Å². The Bertz CT molecular complexity index is 440. The van der Waals surface area contributed by atoms with E-state index in [0.717, 1.165) is 38.9 Å². The monoisotopic (exact) mass is 265 g/mol. The zero-order valence-corrected chi connectivity index (χ0v) is 11.5. The minimum absolute atomic E-state index is 0.0567. The topological polar surface area (TPSA) is 71.5 Å². The lowest BCUT2D eigenvalue weighted by molar-refractivity contribution is 0.0643. The molecule has 0 aromatic carbocycles. The maximum atomic E-state index is 12.5. The van der Waals surface area contributed by atoms with Gasteiger partial charge in [-0.2, -0.15) is 0 Å². The van der Waals surface area contributed by atoms with Crippen LogP contribution in [0.5, 0.6) is 0 Å². The predicted octanol–water partition coefficient (Wildman–Crippen LogP) is 1.32. The first-order valence-corrected chi connectivity index (χ1v) is 7.01. The van der Waals surface area contributed by atoms with Crippen molar-refractivity contribution in [2.45, 2.75) is 32.7 Å². The third-order valence-corrected chi connectivity index (χ3v) is 3.82. The Labute approximate surface area is 114 Å². The number of carbonyl (C=O) groups is 1. The number of likely N-dealkylation sites (tertiary alicyclic amines) is 1. The molecular formula is C14H23N3O2. The van der Waals surface area contributed by atoms with Crippen LogP contribution in [0.2, 0.25) is 0 Å². The molecule has 0 spiro atoms. The van der Waals surface area contributed by atoms with Crippen LogP contribution in [-0.4, -0.2) is 40.2 Å². The van der Waals surface area contributed by atoms with Gasteiger partial charge < -0.3 is 20.3 Å². The summed E-state index contributed by atoms with van der Waals surface area (Å²) >= 11 is 0. The number of hydrogen-bond acceptors (Lipinski definition) is 3. The zero-order chi connectivity index (χ0) is 13.8. The Morgan fingerprint density at radius 3 is 3.05 bits per heavy atom. The predicted molar refractivity (Wildman–Crippen MR) is 74.8 cm³/mol. The molecule has 1 aliphatic rings. The highest BCUT2D eigenvalue weighted by molar-refractivity contribution is 5.93. The molecule has 5 nitrogen and oxygen atoms in total. The largest absolute Gasteiger partial charge is 0.397 e. The number of aryl methyl sites for hydroxylation is 1. The lowest BCUT2D eigenvalue weighted by Gasteiger charge is -2.32. The summed E-state index contributed by atoms with van der Waals surface area (Å²) in [6.07, 6.45) is 4.70. The molecule has 1 atom stereocenters. The molecule has 1 unspecified atom stereocenters. The van der Waals surface area contributed by atoms with E-state index in [4.69, 9.17) is 10.8 Å². The van der Waals surface area contributed by atoms with Crippen LogP contribution in [0.1, 0.15) is 36.7 Å². The van der Waals surface area contributed by atoms with Crippen LogP contribution in [0.4, 0.5) is 5.69 Å². The van der Waals surface area contributed by atoms with Gasteiger partial charge in [0.05, 0.1) is 5.69 Å². The standard InChI is InChI=1S/C14H23N3O2/c1-2-16-10-12(15)8-13(16)14(19)17-6-3-4-11(9-17)5-7-18/h8,10-11,18H,2-7,9,15H2,1H3. The van der Waals surface area contributed by atoms with Crippen LogP contribution >= 0.6 is 0 Å². The average Bonchev–Trinajstić information content (AvgIpc) is 2.80. The summed E-state index contributed by atoms with van der Waals surface area (Å²) in [5, 5.41) is 9.02. The molecule has 1 aromatic heterocycles. The van der Waals surface area contributed by atoms with Crippen LogP contribution in [0.25, 0.3) is 0 Å². The first-order chi connectivity index (χ1) is 9.15. The van der Waals surface area contributed by atoms with E-state index >= 15 is 0 Å². The molecule has 2 heterocycles. The molecule has 1 aromatic rings. The molecule has 1 amide bonds. The smallest absolute Gasteiger partial charge is 0.270 e. The van der Waals surface area contributed by atoms with Gasteiger partial charge in [-0.05, 0) is 38.2 Å². The van der Waals surface area contributed by atoms with Crippen molar-refractivity contribution in [3.05, 3.63) is 18.0 Å². The fraction of sp³-hybridized carbons (Fsp3) is 0.643. The molecule has 1 saturated heterocycles. The third kappa shape index (κ3) is 3.10. The Morgan fingerprint density at radius 2 is 2.37 bits per heavy atom. The van der Waals surface area contributed by atoms with Crippen molar-refractivity contribution in [2.75, 3.05) is 25.4 Å². The summed E-state index contributed by atoms with van der Waals surface area (Å²) in [7, 11) is 0. The molecule has 3 N–H and O–H groups in total. The number of nitrogens with two attached hydrogens (primary N) is 1. The highest BCUT2D eigenvalue weighted by Crippen LogP contribution is 2.22. The number of anilines is 1. The van der Waals surface area contributed by atoms with Gasteiger partial charge in [-0.15, -0.1) is 0 Å². The van der Waals surface area contributed by atoms with Crippen molar-refractivity contribution in [3.63, 3.8) is 0 Å². The van der Waals surface area contributed by atoms with E-state index in [0.29, 0.717) is 17.3 Å². The molecule has 2 rings (SSSR count). The minimum atomic E-state index is 0.0567. The lowest BCUT2D eigenvalue weighted by atomic mass is 9.95. The van der Waals surface area contributed by atoms with E-state index in [2.05, 4.69) is 0 Å². The Hall–Kier alpha value is -1.49. The van der Waals surface area contributed by atoms with Crippen LogP contribution in [0, 0.1) is 5.92 Å². The van der Waals surface area contributed by atoms with E-state index < -0.39 is 0 Å². The number of rotatable bonds is 4. The van der Waals surface area contributed by atoms with Gasteiger partial charge in [-0.25, -0.2) is 0 Å². The van der Waals surface area contributed by atoms with Crippen molar-refractivity contribution < 1.29 is 9.90 Å². The van der Waals surface area contributed by atoms with Crippen molar-refractivity contribution in [3.8, 4) is 0 Å². The maximum absolute atomic E-state index is 12.5. The SMILES string of the molecule is CCn1cc(N)cc1C(=O)N1CCCC(CCO)C1. The van der Waals surface area contributed by atoms with Crippen LogP contribution in [0.15, 0.2) is 12.3 Å². The highest BCUT2D eigenvalue weighted by atomic mass is 16.3. The second-order valence-electron chi connectivity index (χ2n) is 5.22. The second kappa shape index (κ2) is 6.10. The molecule has 5 heteroatoms. The number of aliphatic hydroxyl groups excluding tert-OH is 1. The Kier molecular flexibility index (Phi) is 4.47. The zero-order valence-electron chi connectivity index (χ0n) is 11.5. The minimum Gasteiger partial charge on any atom is -0.397 e. The highest BCUT2D eigenvalue weighted by Gasteiger charge is 2.25. The summed E-state index contributed by atoms with van der Waals surface area (Å²) in [6, 6.07) is 1.75. The first-order valence-electron chi connectivity index (χ1n) is 7.01. The normalized spacial score (nSPS) is 19.7. The van der Waals surface area contributed by atoms with Gasteiger partial charge in [0.25, 0.3) is 5.91 Å². The fourth-order valence-electron chi connectivity index (χ4n) is 2.80. The van der Waals surface area contributed by atoms with Crippen molar-refractivity contribution in [1.82, 2.24) is 9.47 Å². The van der Waals surface area contributed by atoms with E-state index in [1.54, 1.807) is 6.07 Å². The van der Waals surface area contributed by atoms with Gasteiger partial charge in [-0.1, -0.05) is 0 Å². The van der Waals surface area contributed by atoms with Gasteiger partial charge >= 0.3 is 0 Å². The molecule has 106 valence electrons. The molecule has 19 heavy (non-hydrogen) atoms. The summed E-state index contributed by atoms with van der Waals surface area (Å²) in [4.78, 5) is 14.4. The number of piperidine rings is 1. The molecule has 1 fully saturated rings. The number of aliphatic hydroxyl groups is 1. The molecule has 0 bridgehead atoms. The number of hydrogen-bond donors (Lipinski definition) is 2. The first kappa shape index (κ1) is 13.9. The summed E-state index contributed by atoms with van der Waals surface area (Å²) in [5.41, 5.74) is 7.08. The summed E-state index contributed by atoms with van der Waals surface area (Å²) < 4.78 is 1.90. The number of nitrogens with zero attached hydrogens (tertiary/aromatic N) is 2. The van der Waals surface area contributed by atoms with Crippen LogP contribution in [-0.2, 0) is 6.54 Å². The molecule has 0 radical (unpaired) electrons. The van der Waals surface area contributed by atoms with Crippen molar-refractivity contribution in [1.29, 1.82) is 0 Å². The number of nitrogen functional groups attached to an aromatic ring is 1. The molecule has 1 aliphatic heterocycles. The van der Waals surface area contributed by atoms with E-state index in [9.17, 15) is 4.79 Å².